The summed E-state index contributed by atoms with van der Waals surface area (Å²) < 4.78 is 28.1. The fraction of sp³-hybridized carbons (Fsp3) is 0.483. The Morgan fingerprint density at radius 2 is 1.82 bits per heavy atom. The summed E-state index contributed by atoms with van der Waals surface area (Å²) in [5.74, 6) is 1.13. The standard InChI is InChI=1S/C29H37N5O6/c1-18-16-19-8-9-29(2,3)20(19)17-22(18)40-23-7-6-21(39-23)25(35)31-24-26(36-4)32-28(33-27(24)37-5)30-10-11-34-12-14-38-15-13-34/h6-7,16-17H,8-15H2,1-5H3,(H,31,35)(H,30,32,33). The molecule has 11 nitrogen and oxygen atoms in total. The van der Waals surface area contributed by atoms with E-state index < -0.39 is 5.91 Å². The van der Waals surface area contributed by atoms with E-state index in [1.165, 1.54) is 25.3 Å². The van der Waals surface area contributed by atoms with Crippen LogP contribution >= 0.6 is 0 Å². The zero-order valence-corrected chi connectivity index (χ0v) is 23.8. The normalized spacial score (nSPS) is 16.3. The van der Waals surface area contributed by atoms with Crippen LogP contribution in [0.25, 0.3) is 0 Å². The van der Waals surface area contributed by atoms with E-state index in [1.54, 1.807) is 12.1 Å². The van der Waals surface area contributed by atoms with Gasteiger partial charge in [0.25, 0.3) is 11.9 Å². The second-order valence-electron chi connectivity index (χ2n) is 10.7. The molecule has 2 aliphatic rings. The average Bonchev–Trinajstić information content (AvgIpc) is 3.53. The molecule has 1 aliphatic heterocycles. The zero-order valence-electron chi connectivity index (χ0n) is 23.8. The Kier molecular flexibility index (Phi) is 8.13. The molecule has 3 aromatic rings. The van der Waals surface area contributed by atoms with Gasteiger partial charge in [-0.1, -0.05) is 19.9 Å². The van der Waals surface area contributed by atoms with Gasteiger partial charge >= 0.3 is 0 Å². The minimum Gasteiger partial charge on any atom is -0.479 e. The third-order valence-electron chi connectivity index (χ3n) is 7.45. The van der Waals surface area contributed by atoms with Gasteiger partial charge in [0.1, 0.15) is 5.75 Å². The third-order valence-corrected chi connectivity index (χ3v) is 7.45. The Labute approximate surface area is 234 Å². The van der Waals surface area contributed by atoms with Crippen LogP contribution in [-0.2, 0) is 16.6 Å². The van der Waals surface area contributed by atoms with E-state index in [0.717, 1.165) is 51.3 Å². The number of nitrogens with one attached hydrogen (secondary N) is 2. The van der Waals surface area contributed by atoms with Crippen molar-refractivity contribution < 1.29 is 28.2 Å². The van der Waals surface area contributed by atoms with Crippen LogP contribution in [0.2, 0.25) is 0 Å². The van der Waals surface area contributed by atoms with E-state index in [0.29, 0.717) is 18.2 Å². The maximum atomic E-state index is 13.1. The number of rotatable bonds is 10. The van der Waals surface area contributed by atoms with E-state index >= 15 is 0 Å². The lowest BCUT2D eigenvalue weighted by molar-refractivity contribution is 0.0398. The van der Waals surface area contributed by atoms with Crippen molar-refractivity contribution in [2.24, 2.45) is 0 Å². The molecule has 3 heterocycles. The first-order valence-electron chi connectivity index (χ1n) is 13.5. The number of benzene rings is 1. The van der Waals surface area contributed by atoms with Gasteiger partial charge in [-0.15, -0.1) is 0 Å². The number of furan rings is 1. The SMILES string of the molecule is COc1nc(NCCN2CCOCC2)nc(OC)c1NC(=O)c1ccc(Oc2cc3c(cc2C)CCC3(C)C)o1. The quantitative estimate of drug-likeness (QED) is 0.375. The summed E-state index contributed by atoms with van der Waals surface area (Å²) in [6, 6.07) is 7.44. The molecule has 1 aliphatic carbocycles. The highest BCUT2D eigenvalue weighted by molar-refractivity contribution is 6.03. The minimum absolute atomic E-state index is 0.0611. The van der Waals surface area contributed by atoms with E-state index in [1.807, 2.05) is 6.92 Å². The number of fused-ring (bicyclic) bond motifs is 1. The monoisotopic (exact) mass is 551 g/mol. The van der Waals surface area contributed by atoms with Crippen molar-refractivity contribution in [1.82, 2.24) is 14.9 Å². The van der Waals surface area contributed by atoms with Gasteiger partial charge in [-0.2, -0.15) is 9.97 Å². The summed E-state index contributed by atoms with van der Waals surface area (Å²) in [5.41, 5.74) is 3.96. The van der Waals surface area contributed by atoms with Gasteiger partial charge in [0, 0.05) is 32.2 Å². The number of amides is 1. The summed E-state index contributed by atoms with van der Waals surface area (Å²) in [6.07, 6.45) is 2.18. The number of aryl methyl sites for hydroxylation is 2. The lowest BCUT2D eigenvalue weighted by Gasteiger charge is -2.26. The minimum atomic E-state index is -0.519. The van der Waals surface area contributed by atoms with Gasteiger partial charge in [-0.25, -0.2) is 0 Å². The van der Waals surface area contributed by atoms with Crippen molar-refractivity contribution in [3.63, 3.8) is 0 Å². The molecular formula is C29H37N5O6. The largest absolute Gasteiger partial charge is 0.479 e. The number of nitrogens with zero attached hydrogens (tertiary/aromatic N) is 3. The Balaban J connectivity index is 1.26. The van der Waals surface area contributed by atoms with Crippen LogP contribution in [0.3, 0.4) is 0 Å². The molecule has 2 aromatic heterocycles. The predicted octanol–water partition coefficient (Wildman–Crippen LogP) is 4.41. The fourth-order valence-electron chi connectivity index (χ4n) is 5.11. The van der Waals surface area contributed by atoms with Crippen molar-refractivity contribution in [1.29, 1.82) is 0 Å². The lowest BCUT2D eigenvalue weighted by atomic mass is 9.86. The topological polar surface area (TPSA) is 120 Å². The molecule has 2 N–H and O–H groups in total. The highest BCUT2D eigenvalue weighted by Gasteiger charge is 2.31. The number of hydrogen-bond acceptors (Lipinski definition) is 10. The van der Waals surface area contributed by atoms with Crippen molar-refractivity contribution in [2.45, 2.75) is 39.0 Å². The molecule has 0 spiro atoms. The van der Waals surface area contributed by atoms with Crippen molar-refractivity contribution >= 4 is 17.5 Å². The highest BCUT2D eigenvalue weighted by atomic mass is 16.6. The molecule has 1 aromatic carbocycles. The number of methoxy groups -OCH3 is 2. The summed E-state index contributed by atoms with van der Waals surface area (Å²) in [4.78, 5) is 24.2. The number of carbonyl (C=O) groups excluding carboxylic acids is 1. The van der Waals surface area contributed by atoms with Crippen molar-refractivity contribution in [2.75, 3.05) is 64.2 Å². The summed E-state index contributed by atoms with van der Waals surface area (Å²) in [6.45, 7) is 11.2. The van der Waals surface area contributed by atoms with E-state index in [-0.39, 0.29) is 34.6 Å². The lowest BCUT2D eigenvalue weighted by Crippen LogP contribution is -2.39. The maximum absolute atomic E-state index is 13.1. The van der Waals surface area contributed by atoms with E-state index in [4.69, 9.17) is 23.4 Å². The smallest absolute Gasteiger partial charge is 0.291 e. The predicted molar refractivity (Wildman–Crippen MR) is 150 cm³/mol. The number of morpholine rings is 1. The molecule has 214 valence electrons. The molecule has 11 heteroatoms. The molecule has 0 atom stereocenters. The van der Waals surface area contributed by atoms with Gasteiger partial charge in [0.15, 0.2) is 11.4 Å². The Morgan fingerprint density at radius 1 is 1.10 bits per heavy atom. The van der Waals surface area contributed by atoms with Crippen LogP contribution in [0.1, 0.15) is 47.5 Å². The second kappa shape index (κ2) is 11.7. The first kappa shape index (κ1) is 27.7. The number of aromatic nitrogens is 2. The molecular weight excluding hydrogens is 514 g/mol. The first-order chi connectivity index (χ1) is 19.3. The van der Waals surface area contributed by atoms with E-state index in [9.17, 15) is 4.79 Å². The van der Waals surface area contributed by atoms with Crippen LogP contribution in [0.15, 0.2) is 28.7 Å². The number of ether oxygens (including phenoxy) is 4. The zero-order chi connectivity index (χ0) is 28.3. The number of anilines is 2. The number of hydrogen-bond donors (Lipinski definition) is 2. The van der Waals surface area contributed by atoms with Crippen LogP contribution < -0.4 is 24.8 Å². The Morgan fingerprint density at radius 3 is 2.52 bits per heavy atom. The maximum Gasteiger partial charge on any atom is 0.291 e. The molecule has 40 heavy (non-hydrogen) atoms. The highest BCUT2D eigenvalue weighted by Crippen LogP contribution is 2.42. The summed E-state index contributed by atoms with van der Waals surface area (Å²) in [5, 5.41) is 5.95. The Hall–Kier alpha value is -3.83. The fourth-order valence-corrected chi connectivity index (χ4v) is 5.11. The van der Waals surface area contributed by atoms with Gasteiger partial charge < -0.3 is 34.0 Å². The summed E-state index contributed by atoms with van der Waals surface area (Å²) >= 11 is 0. The third kappa shape index (κ3) is 6.00. The van der Waals surface area contributed by atoms with Crippen LogP contribution in [0.5, 0.6) is 23.5 Å². The van der Waals surface area contributed by atoms with Crippen molar-refractivity contribution in [3.05, 3.63) is 46.7 Å². The molecule has 1 saturated heterocycles. The molecule has 0 bridgehead atoms. The Bertz CT molecular complexity index is 1340. The molecule has 0 unspecified atom stereocenters. The molecule has 1 amide bonds. The van der Waals surface area contributed by atoms with Gasteiger partial charge in [0.2, 0.25) is 17.7 Å². The van der Waals surface area contributed by atoms with Crippen LogP contribution in [0.4, 0.5) is 11.6 Å². The molecule has 1 fully saturated rings. The molecule has 5 rings (SSSR count). The number of carbonyl (C=O) groups is 1. The molecule has 0 saturated carbocycles. The van der Waals surface area contributed by atoms with E-state index in [2.05, 4.69) is 51.5 Å². The average molecular weight is 552 g/mol. The first-order valence-corrected chi connectivity index (χ1v) is 13.5. The van der Waals surface area contributed by atoms with Gasteiger partial charge in [-0.05, 0) is 54.0 Å². The van der Waals surface area contributed by atoms with Gasteiger partial charge in [-0.3, -0.25) is 9.69 Å². The summed E-state index contributed by atoms with van der Waals surface area (Å²) in [7, 11) is 2.93. The second-order valence-corrected chi connectivity index (χ2v) is 10.7. The van der Waals surface area contributed by atoms with Crippen LogP contribution in [0, 0.1) is 6.92 Å². The van der Waals surface area contributed by atoms with Crippen LogP contribution in [-0.4, -0.2) is 74.4 Å². The van der Waals surface area contributed by atoms with Gasteiger partial charge in [0.05, 0.1) is 27.4 Å². The molecule has 0 radical (unpaired) electrons. The van der Waals surface area contributed by atoms with Crippen molar-refractivity contribution in [3.8, 4) is 23.5 Å².